The van der Waals surface area contributed by atoms with E-state index in [9.17, 15) is 26.0 Å². The van der Waals surface area contributed by atoms with Gasteiger partial charge in [0.25, 0.3) is 0 Å². The molecule has 148 valence electrons. The first-order chi connectivity index (χ1) is 12.4. The highest BCUT2D eigenvalue weighted by atomic mass is 32.2. The molecule has 2 aromatic carbocycles. The first-order valence-corrected chi connectivity index (χ1v) is 9.44. The molecule has 0 spiro atoms. The van der Waals surface area contributed by atoms with Crippen molar-refractivity contribution in [3.05, 3.63) is 58.9 Å². The number of aryl methyl sites for hydroxylation is 3. The molecule has 0 aliphatic rings. The van der Waals surface area contributed by atoms with Gasteiger partial charge in [0.15, 0.2) is 6.04 Å². The van der Waals surface area contributed by atoms with Gasteiger partial charge in [-0.15, -0.1) is 0 Å². The van der Waals surface area contributed by atoms with E-state index in [4.69, 9.17) is 4.74 Å². The molecule has 0 fully saturated rings. The summed E-state index contributed by atoms with van der Waals surface area (Å²) in [5.74, 6) is -0.576. The summed E-state index contributed by atoms with van der Waals surface area (Å²) < 4.78 is 84.7. The van der Waals surface area contributed by atoms with Crippen molar-refractivity contribution in [3.63, 3.8) is 0 Å². The van der Waals surface area contributed by atoms with Crippen molar-refractivity contribution in [1.82, 2.24) is 4.72 Å². The van der Waals surface area contributed by atoms with Gasteiger partial charge in [-0.1, -0.05) is 17.7 Å². The molecule has 0 aliphatic heterocycles. The fourth-order valence-corrected chi connectivity index (χ4v) is 4.40. The van der Waals surface area contributed by atoms with E-state index >= 15 is 0 Å². The normalized spacial score (nSPS) is 13.4. The average molecular weight is 405 g/mol. The van der Waals surface area contributed by atoms with Gasteiger partial charge in [-0.05, 0) is 56.2 Å². The second-order valence-electron chi connectivity index (χ2n) is 6.21. The number of alkyl halides is 3. The minimum Gasteiger partial charge on any atom is -0.492 e. The molecule has 2 aromatic rings. The first kappa shape index (κ1) is 21.2. The van der Waals surface area contributed by atoms with Gasteiger partial charge in [0.1, 0.15) is 18.2 Å². The molecule has 27 heavy (non-hydrogen) atoms. The van der Waals surface area contributed by atoms with Gasteiger partial charge in [-0.2, -0.15) is 17.9 Å². The van der Waals surface area contributed by atoms with Crippen LogP contribution in [0.4, 0.5) is 17.6 Å². The van der Waals surface area contributed by atoms with Gasteiger partial charge in [0.2, 0.25) is 10.0 Å². The van der Waals surface area contributed by atoms with Crippen LogP contribution < -0.4 is 9.46 Å². The highest BCUT2D eigenvalue weighted by Gasteiger charge is 2.43. The molecule has 0 saturated heterocycles. The number of ether oxygens (including phenoxy) is 1. The largest absolute Gasteiger partial charge is 0.492 e. The lowest BCUT2D eigenvalue weighted by Crippen LogP contribution is -2.49. The standard InChI is InChI=1S/C18H19F4NO3S/c1-11-8-12(2)17(13(3)9-11)27(24,25)23-16(18(20,21)22)10-26-15-6-4-14(19)5-7-15/h4-9,16,23H,10H2,1-3H3. The predicted molar refractivity (Wildman–Crippen MR) is 92.7 cm³/mol. The maximum absolute atomic E-state index is 13.3. The Morgan fingerprint density at radius 3 is 2.04 bits per heavy atom. The van der Waals surface area contributed by atoms with Gasteiger partial charge < -0.3 is 4.74 Å². The van der Waals surface area contributed by atoms with Gasteiger partial charge in [0, 0.05) is 0 Å². The lowest BCUT2D eigenvalue weighted by molar-refractivity contribution is -0.157. The zero-order chi connectivity index (χ0) is 20.4. The lowest BCUT2D eigenvalue weighted by atomic mass is 10.1. The molecule has 0 radical (unpaired) electrons. The van der Waals surface area contributed by atoms with Crippen LogP contribution in [-0.4, -0.2) is 27.2 Å². The van der Waals surface area contributed by atoms with Crippen LogP contribution in [0.15, 0.2) is 41.3 Å². The molecule has 0 saturated carbocycles. The van der Waals surface area contributed by atoms with Crippen molar-refractivity contribution in [2.75, 3.05) is 6.61 Å². The topological polar surface area (TPSA) is 55.4 Å². The summed E-state index contributed by atoms with van der Waals surface area (Å²) in [6, 6.07) is 5.07. The lowest BCUT2D eigenvalue weighted by Gasteiger charge is -2.23. The van der Waals surface area contributed by atoms with Gasteiger partial charge in [-0.3, -0.25) is 0 Å². The van der Waals surface area contributed by atoms with Crippen LogP contribution in [0.5, 0.6) is 5.75 Å². The highest BCUT2D eigenvalue weighted by Crippen LogP contribution is 2.26. The third-order valence-electron chi connectivity index (χ3n) is 3.80. The quantitative estimate of drug-likeness (QED) is 0.738. The number of hydrogen-bond acceptors (Lipinski definition) is 3. The predicted octanol–water partition coefficient (Wildman–Crippen LogP) is 4.04. The van der Waals surface area contributed by atoms with Crippen LogP contribution in [0, 0.1) is 26.6 Å². The highest BCUT2D eigenvalue weighted by molar-refractivity contribution is 7.89. The third kappa shape index (κ3) is 5.43. The smallest absolute Gasteiger partial charge is 0.408 e. The van der Waals surface area contributed by atoms with Crippen molar-refractivity contribution < 1.29 is 30.7 Å². The van der Waals surface area contributed by atoms with Gasteiger partial charge >= 0.3 is 6.18 Å². The number of nitrogens with one attached hydrogen (secondary N) is 1. The summed E-state index contributed by atoms with van der Waals surface area (Å²) in [7, 11) is -4.44. The monoisotopic (exact) mass is 405 g/mol. The fourth-order valence-electron chi connectivity index (χ4n) is 2.74. The van der Waals surface area contributed by atoms with Crippen molar-refractivity contribution >= 4 is 10.0 Å². The van der Waals surface area contributed by atoms with Crippen LogP contribution >= 0.6 is 0 Å². The summed E-state index contributed by atoms with van der Waals surface area (Å²) in [4.78, 5) is -0.191. The van der Waals surface area contributed by atoms with E-state index in [0.717, 1.165) is 29.8 Å². The minimum atomic E-state index is -4.88. The van der Waals surface area contributed by atoms with E-state index in [1.165, 1.54) is 13.8 Å². The summed E-state index contributed by atoms with van der Waals surface area (Å²) in [5.41, 5.74) is 1.50. The summed E-state index contributed by atoms with van der Waals surface area (Å²) in [6.07, 6.45) is -4.88. The number of benzene rings is 2. The molecule has 9 heteroatoms. The molecule has 0 aliphatic carbocycles. The Hall–Kier alpha value is -2.13. The maximum Gasteiger partial charge on any atom is 0.408 e. The molecule has 1 N–H and O–H groups in total. The van der Waals surface area contributed by atoms with Crippen LogP contribution in [0.1, 0.15) is 16.7 Å². The Kier molecular flexibility index (Phi) is 6.16. The molecular formula is C18H19F4NO3S. The molecular weight excluding hydrogens is 386 g/mol. The second kappa shape index (κ2) is 7.85. The number of halogens is 4. The van der Waals surface area contributed by atoms with E-state index in [2.05, 4.69) is 0 Å². The molecule has 0 aromatic heterocycles. The molecule has 1 unspecified atom stereocenters. The van der Waals surface area contributed by atoms with Crippen molar-refractivity contribution in [3.8, 4) is 5.75 Å². The SMILES string of the molecule is Cc1cc(C)c(S(=O)(=O)NC(COc2ccc(F)cc2)C(F)(F)F)c(C)c1. The molecule has 0 amide bonds. The Bertz CT molecular complexity index is 886. The summed E-state index contributed by atoms with van der Waals surface area (Å²) in [5, 5.41) is 0. The minimum absolute atomic E-state index is 0.00690. The molecule has 4 nitrogen and oxygen atoms in total. The average Bonchev–Trinajstić information content (AvgIpc) is 2.50. The number of sulfonamides is 1. The maximum atomic E-state index is 13.3. The number of rotatable bonds is 6. The second-order valence-corrected chi connectivity index (χ2v) is 7.86. The van der Waals surface area contributed by atoms with Crippen molar-refractivity contribution in [2.24, 2.45) is 0 Å². The van der Waals surface area contributed by atoms with E-state index in [1.807, 2.05) is 0 Å². The Balaban J connectivity index is 2.26. The molecule has 2 rings (SSSR count). The van der Waals surface area contributed by atoms with Crippen LogP contribution in [0.3, 0.4) is 0 Å². The molecule has 0 heterocycles. The Labute approximate surface area is 155 Å². The van der Waals surface area contributed by atoms with Crippen molar-refractivity contribution in [1.29, 1.82) is 0 Å². The Morgan fingerprint density at radius 1 is 1.04 bits per heavy atom. The molecule has 0 bridgehead atoms. The van der Waals surface area contributed by atoms with E-state index in [-0.39, 0.29) is 10.6 Å². The van der Waals surface area contributed by atoms with E-state index in [1.54, 1.807) is 23.8 Å². The van der Waals surface area contributed by atoms with Crippen molar-refractivity contribution in [2.45, 2.75) is 37.9 Å². The zero-order valence-corrected chi connectivity index (χ0v) is 15.7. The van der Waals surface area contributed by atoms with E-state index in [0.29, 0.717) is 11.1 Å². The van der Waals surface area contributed by atoms with Crippen LogP contribution in [-0.2, 0) is 10.0 Å². The van der Waals surface area contributed by atoms with Crippen LogP contribution in [0.25, 0.3) is 0 Å². The van der Waals surface area contributed by atoms with E-state index < -0.39 is 34.7 Å². The summed E-state index contributed by atoms with van der Waals surface area (Å²) in [6.45, 7) is 3.82. The number of hydrogen-bond donors (Lipinski definition) is 1. The summed E-state index contributed by atoms with van der Waals surface area (Å²) >= 11 is 0. The zero-order valence-electron chi connectivity index (χ0n) is 14.9. The Morgan fingerprint density at radius 2 is 1.56 bits per heavy atom. The molecule has 1 atom stereocenters. The fraction of sp³-hybridized carbons (Fsp3) is 0.333. The van der Waals surface area contributed by atoms with Gasteiger partial charge in [0.05, 0.1) is 4.90 Å². The first-order valence-electron chi connectivity index (χ1n) is 7.95. The van der Waals surface area contributed by atoms with Gasteiger partial charge in [-0.25, -0.2) is 12.8 Å². The van der Waals surface area contributed by atoms with Crippen LogP contribution in [0.2, 0.25) is 0 Å². The third-order valence-corrected chi connectivity index (χ3v) is 5.57.